The highest BCUT2D eigenvalue weighted by atomic mass is 16.5. The van der Waals surface area contributed by atoms with Crippen LogP contribution < -0.4 is 5.32 Å². The second kappa shape index (κ2) is 9.08. The first-order chi connectivity index (χ1) is 15.7. The van der Waals surface area contributed by atoms with E-state index in [9.17, 15) is 9.59 Å². The maximum atomic E-state index is 13.1. The summed E-state index contributed by atoms with van der Waals surface area (Å²) in [6.07, 6.45) is 1.80. The van der Waals surface area contributed by atoms with E-state index in [1.54, 1.807) is 0 Å². The SMILES string of the molecule is O=C(NCc1nnc2n1CCN(C(=O)Cc1cccc3ccccc13)CC2)[C@H]1CCOC1. The predicted octanol–water partition coefficient (Wildman–Crippen LogP) is 1.71. The van der Waals surface area contributed by atoms with Gasteiger partial charge in [0, 0.05) is 32.7 Å². The minimum atomic E-state index is -0.0799. The van der Waals surface area contributed by atoms with Crippen LogP contribution in [0.2, 0.25) is 0 Å². The first-order valence-electron chi connectivity index (χ1n) is 11.2. The molecule has 1 aromatic heterocycles. The van der Waals surface area contributed by atoms with Gasteiger partial charge in [-0.1, -0.05) is 42.5 Å². The van der Waals surface area contributed by atoms with E-state index in [0.717, 1.165) is 34.4 Å². The van der Waals surface area contributed by atoms with E-state index in [-0.39, 0.29) is 17.7 Å². The molecular weight excluding hydrogens is 406 g/mol. The molecule has 0 aliphatic carbocycles. The van der Waals surface area contributed by atoms with Crippen LogP contribution in [0.1, 0.15) is 23.6 Å². The van der Waals surface area contributed by atoms with Gasteiger partial charge >= 0.3 is 0 Å². The fourth-order valence-electron chi connectivity index (χ4n) is 4.54. The number of amides is 2. The van der Waals surface area contributed by atoms with Gasteiger partial charge in [-0.2, -0.15) is 0 Å². The molecule has 166 valence electrons. The number of nitrogens with one attached hydrogen (secondary N) is 1. The van der Waals surface area contributed by atoms with Crippen molar-refractivity contribution in [1.82, 2.24) is 25.0 Å². The summed E-state index contributed by atoms with van der Waals surface area (Å²) >= 11 is 0. The fraction of sp³-hybridized carbons (Fsp3) is 0.417. The van der Waals surface area contributed by atoms with Crippen molar-refractivity contribution in [2.45, 2.75) is 32.4 Å². The van der Waals surface area contributed by atoms with Crippen LogP contribution in [0.15, 0.2) is 42.5 Å². The summed E-state index contributed by atoms with van der Waals surface area (Å²) in [7, 11) is 0. The Hall–Kier alpha value is -3.26. The maximum absolute atomic E-state index is 13.1. The highest BCUT2D eigenvalue weighted by Crippen LogP contribution is 2.20. The monoisotopic (exact) mass is 433 g/mol. The van der Waals surface area contributed by atoms with Crippen LogP contribution in [-0.4, -0.2) is 57.8 Å². The van der Waals surface area contributed by atoms with Crippen molar-refractivity contribution >= 4 is 22.6 Å². The van der Waals surface area contributed by atoms with E-state index < -0.39 is 0 Å². The van der Waals surface area contributed by atoms with Crippen LogP contribution >= 0.6 is 0 Å². The highest BCUT2D eigenvalue weighted by molar-refractivity contribution is 5.90. The van der Waals surface area contributed by atoms with Crippen LogP contribution in [0.3, 0.4) is 0 Å². The molecule has 5 rings (SSSR count). The van der Waals surface area contributed by atoms with Gasteiger partial charge in [0.1, 0.15) is 5.82 Å². The minimum absolute atomic E-state index is 0.000337. The van der Waals surface area contributed by atoms with E-state index in [4.69, 9.17) is 4.74 Å². The smallest absolute Gasteiger partial charge is 0.227 e. The summed E-state index contributed by atoms with van der Waals surface area (Å²) in [6.45, 7) is 3.31. The Balaban J connectivity index is 1.22. The van der Waals surface area contributed by atoms with Gasteiger partial charge in [0.05, 0.1) is 25.5 Å². The number of aromatic nitrogens is 3. The number of rotatable bonds is 5. The van der Waals surface area contributed by atoms with E-state index in [1.807, 2.05) is 33.7 Å². The molecule has 0 bridgehead atoms. The van der Waals surface area contributed by atoms with Crippen molar-refractivity contribution in [3.63, 3.8) is 0 Å². The number of hydrogen-bond donors (Lipinski definition) is 1. The lowest BCUT2D eigenvalue weighted by molar-refractivity contribution is -0.130. The molecule has 8 nitrogen and oxygen atoms in total. The third-order valence-corrected chi connectivity index (χ3v) is 6.40. The number of nitrogens with zero attached hydrogens (tertiary/aromatic N) is 4. The molecule has 3 aromatic rings. The van der Waals surface area contributed by atoms with Gasteiger partial charge in [0.15, 0.2) is 5.82 Å². The van der Waals surface area contributed by atoms with Crippen LogP contribution in [0.5, 0.6) is 0 Å². The largest absolute Gasteiger partial charge is 0.381 e. The Labute approximate surface area is 186 Å². The van der Waals surface area contributed by atoms with E-state index >= 15 is 0 Å². The first kappa shape index (κ1) is 20.6. The number of hydrogen-bond acceptors (Lipinski definition) is 5. The summed E-state index contributed by atoms with van der Waals surface area (Å²) in [5.41, 5.74) is 1.05. The molecule has 3 heterocycles. The second-order valence-corrected chi connectivity index (χ2v) is 8.41. The van der Waals surface area contributed by atoms with Crippen molar-refractivity contribution in [3.8, 4) is 0 Å². The Morgan fingerprint density at radius 1 is 1.06 bits per heavy atom. The molecule has 1 fully saturated rings. The van der Waals surface area contributed by atoms with Crippen LogP contribution in [-0.2, 0) is 40.3 Å². The Kier molecular flexibility index (Phi) is 5.85. The summed E-state index contributed by atoms with van der Waals surface area (Å²) in [6, 6.07) is 14.3. The van der Waals surface area contributed by atoms with Gasteiger partial charge in [0.2, 0.25) is 11.8 Å². The first-order valence-corrected chi connectivity index (χ1v) is 11.2. The zero-order chi connectivity index (χ0) is 21.9. The molecule has 0 unspecified atom stereocenters. The topological polar surface area (TPSA) is 89.4 Å². The normalized spacial score (nSPS) is 18.4. The molecule has 2 aliphatic heterocycles. The van der Waals surface area contributed by atoms with E-state index in [2.05, 4.69) is 33.7 Å². The quantitative estimate of drug-likeness (QED) is 0.662. The number of benzene rings is 2. The second-order valence-electron chi connectivity index (χ2n) is 8.41. The Morgan fingerprint density at radius 3 is 2.81 bits per heavy atom. The molecule has 2 amide bonds. The van der Waals surface area contributed by atoms with Gasteiger partial charge in [-0.25, -0.2) is 0 Å². The number of carbonyl (C=O) groups is 2. The third kappa shape index (κ3) is 4.23. The summed E-state index contributed by atoms with van der Waals surface area (Å²) in [4.78, 5) is 27.3. The van der Waals surface area contributed by atoms with Crippen molar-refractivity contribution in [1.29, 1.82) is 0 Å². The molecule has 0 radical (unpaired) electrons. The number of ether oxygens (including phenoxy) is 1. The van der Waals surface area contributed by atoms with E-state index in [1.165, 1.54) is 0 Å². The van der Waals surface area contributed by atoms with Crippen LogP contribution in [0.25, 0.3) is 10.8 Å². The number of fused-ring (bicyclic) bond motifs is 2. The molecule has 1 atom stereocenters. The Bertz CT molecular complexity index is 1130. The molecule has 32 heavy (non-hydrogen) atoms. The van der Waals surface area contributed by atoms with Crippen molar-refractivity contribution in [3.05, 3.63) is 59.7 Å². The zero-order valence-corrected chi connectivity index (χ0v) is 18.0. The minimum Gasteiger partial charge on any atom is -0.381 e. The highest BCUT2D eigenvalue weighted by Gasteiger charge is 2.25. The third-order valence-electron chi connectivity index (χ3n) is 6.40. The van der Waals surface area contributed by atoms with Crippen LogP contribution in [0.4, 0.5) is 0 Å². The standard InChI is InChI=1S/C24H27N5O3/c30-23(14-18-6-3-5-17-4-1-2-7-20(17)18)28-10-8-21-26-27-22(29(21)12-11-28)15-25-24(31)19-9-13-32-16-19/h1-7,19H,8-16H2,(H,25,31)/t19-/m0/s1. The fourth-order valence-corrected chi connectivity index (χ4v) is 4.54. The molecule has 8 heteroatoms. The summed E-state index contributed by atoms with van der Waals surface area (Å²) in [5.74, 6) is 1.63. The summed E-state index contributed by atoms with van der Waals surface area (Å²) < 4.78 is 7.33. The molecule has 1 saturated heterocycles. The van der Waals surface area contributed by atoms with Gasteiger partial charge in [0.25, 0.3) is 0 Å². The molecule has 2 aliphatic rings. The lowest BCUT2D eigenvalue weighted by atomic mass is 10.0. The zero-order valence-electron chi connectivity index (χ0n) is 18.0. The average molecular weight is 434 g/mol. The van der Waals surface area contributed by atoms with Gasteiger partial charge in [-0.05, 0) is 22.8 Å². The molecule has 2 aromatic carbocycles. The van der Waals surface area contributed by atoms with Gasteiger partial charge < -0.3 is 19.5 Å². The van der Waals surface area contributed by atoms with Gasteiger partial charge in [-0.15, -0.1) is 10.2 Å². The maximum Gasteiger partial charge on any atom is 0.227 e. The molecule has 0 spiro atoms. The molecule has 1 N–H and O–H groups in total. The van der Waals surface area contributed by atoms with Crippen LogP contribution in [0, 0.1) is 5.92 Å². The number of carbonyl (C=O) groups excluding carboxylic acids is 2. The van der Waals surface area contributed by atoms with Gasteiger partial charge in [-0.3, -0.25) is 9.59 Å². The van der Waals surface area contributed by atoms with Crippen molar-refractivity contribution < 1.29 is 14.3 Å². The predicted molar refractivity (Wildman–Crippen MR) is 119 cm³/mol. The molecular formula is C24H27N5O3. The van der Waals surface area contributed by atoms with Crippen molar-refractivity contribution in [2.75, 3.05) is 26.3 Å². The van der Waals surface area contributed by atoms with E-state index in [0.29, 0.717) is 52.2 Å². The van der Waals surface area contributed by atoms with Crippen molar-refractivity contribution in [2.24, 2.45) is 5.92 Å². The molecule has 0 saturated carbocycles. The Morgan fingerprint density at radius 2 is 1.94 bits per heavy atom. The summed E-state index contributed by atoms with van der Waals surface area (Å²) in [5, 5.41) is 13.8. The lowest BCUT2D eigenvalue weighted by Gasteiger charge is -2.20. The average Bonchev–Trinajstić information content (AvgIpc) is 3.44. The lowest BCUT2D eigenvalue weighted by Crippen LogP contribution is -2.35.